The third-order valence-corrected chi connectivity index (χ3v) is 5.14. The van der Waals surface area contributed by atoms with Crippen LogP contribution in [0.5, 0.6) is 0 Å². The fourth-order valence-electron chi connectivity index (χ4n) is 3.37. The van der Waals surface area contributed by atoms with Crippen LogP contribution >= 0.6 is 0 Å². The molecular formula is C20H20N6O3. The summed E-state index contributed by atoms with van der Waals surface area (Å²) >= 11 is 0. The quantitative estimate of drug-likeness (QED) is 0.613. The lowest BCUT2D eigenvalue weighted by atomic mass is 10.1. The number of nitrogens with zero attached hydrogens (tertiary/aromatic N) is 5. The number of nitro groups is 1. The Morgan fingerprint density at radius 3 is 2.62 bits per heavy atom. The van der Waals surface area contributed by atoms with Crippen molar-refractivity contribution in [3.05, 3.63) is 57.8 Å². The lowest BCUT2D eigenvalue weighted by molar-refractivity contribution is -0.384. The predicted molar refractivity (Wildman–Crippen MR) is 107 cm³/mol. The van der Waals surface area contributed by atoms with Crippen LogP contribution < -0.4 is 10.2 Å². The molecule has 0 radical (unpaired) electrons. The molecule has 0 spiro atoms. The monoisotopic (exact) mass is 392 g/mol. The van der Waals surface area contributed by atoms with Gasteiger partial charge in [0.1, 0.15) is 11.5 Å². The second-order valence-electron chi connectivity index (χ2n) is 7.20. The summed E-state index contributed by atoms with van der Waals surface area (Å²) in [5.41, 5.74) is 1.25. The van der Waals surface area contributed by atoms with Crippen molar-refractivity contribution in [2.45, 2.75) is 18.9 Å². The average Bonchev–Trinajstić information content (AvgIpc) is 3.57. The molecule has 0 bridgehead atoms. The van der Waals surface area contributed by atoms with Crippen molar-refractivity contribution in [2.75, 3.05) is 36.4 Å². The third kappa shape index (κ3) is 4.11. The van der Waals surface area contributed by atoms with E-state index in [0.29, 0.717) is 48.8 Å². The van der Waals surface area contributed by atoms with Gasteiger partial charge in [-0.1, -0.05) is 0 Å². The Balaban J connectivity index is 1.44. The zero-order chi connectivity index (χ0) is 20.4. The molecule has 29 heavy (non-hydrogen) atoms. The Kier molecular flexibility index (Phi) is 4.99. The minimum atomic E-state index is -0.451. The molecule has 4 rings (SSSR count). The molecule has 0 unspecified atom stereocenters. The molecule has 2 aliphatic rings. The molecule has 148 valence electrons. The van der Waals surface area contributed by atoms with Gasteiger partial charge in [0.15, 0.2) is 0 Å². The first-order chi connectivity index (χ1) is 14.0. The number of pyridine rings is 1. The van der Waals surface area contributed by atoms with Gasteiger partial charge in [-0.15, -0.1) is 0 Å². The minimum absolute atomic E-state index is 0.0705. The fourth-order valence-corrected chi connectivity index (χ4v) is 3.37. The normalized spacial score (nSPS) is 16.2. The van der Waals surface area contributed by atoms with Crippen molar-refractivity contribution in [2.24, 2.45) is 0 Å². The number of carbonyl (C=O) groups excluding carboxylic acids is 1. The number of aromatic nitrogens is 1. The van der Waals surface area contributed by atoms with Crippen LogP contribution in [-0.4, -0.2) is 52.9 Å². The Morgan fingerprint density at radius 2 is 1.97 bits per heavy atom. The number of anilines is 2. The highest BCUT2D eigenvalue weighted by Crippen LogP contribution is 2.32. The number of nitrogens with one attached hydrogen (secondary N) is 1. The standard InChI is InChI=1S/C20H20N6O3/c21-13-14-5-6-22-19(11-14)24-7-9-25(10-8-24)20(27)15-1-4-17(23-16-2-3-16)18(12-15)26(28)29/h1,4-6,11-12,16,23H,2-3,7-10H2. The number of rotatable bonds is 5. The largest absolute Gasteiger partial charge is 0.377 e. The summed E-state index contributed by atoms with van der Waals surface area (Å²) in [6.45, 7) is 2.12. The zero-order valence-electron chi connectivity index (χ0n) is 15.7. The first-order valence-electron chi connectivity index (χ1n) is 9.50. The molecule has 0 atom stereocenters. The summed E-state index contributed by atoms with van der Waals surface area (Å²) < 4.78 is 0. The molecule has 9 nitrogen and oxygen atoms in total. The molecule has 2 heterocycles. The van der Waals surface area contributed by atoms with E-state index in [1.165, 1.54) is 6.07 Å². The number of hydrogen-bond donors (Lipinski definition) is 1. The van der Waals surface area contributed by atoms with Crippen molar-refractivity contribution in [1.82, 2.24) is 9.88 Å². The summed E-state index contributed by atoms with van der Waals surface area (Å²) in [5, 5.41) is 23.6. The molecule has 1 amide bonds. The first kappa shape index (κ1) is 18.7. The number of hydrogen-bond acceptors (Lipinski definition) is 7. The average molecular weight is 392 g/mol. The fraction of sp³-hybridized carbons (Fsp3) is 0.350. The Hall–Kier alpha value is -3.67. The minimum Gasteiger partial charge on any atom is -0.377 e. The maximum Gasteiger partial charge on any atom is 0.293 e. The SMILES string of the molecule is N#Cc1ccnc(N2CCN(C(=O)c3ccc(NC4CC4)c([N+](=O)[O-])c3)CC2)c1. The topological polar surface area (TPSA) is 115 Å². The van der Waals surface area contributed by atoms with Crippen LogP contribution in [0.2, 0.25) is 0 Å². The molecule has 1 N–H and O–H groups in total. The van der Waals surface area contributed by atoms with Gasteiger partial charge in [0.2, 0.25) is 0 Å². The van der Waals surface area contributed by atoms with E-state index in [-0.39, 0.29) is 17.6 Å². The van der Waals surface area contributed by atoms with E-state index in [1.807, 2.05) is 4.90 Å². The third-order valence-electron chi connectivity index (χ3n) is 5.14. The predicted octanol–water partition coefficient (Wildman–Crippen LogP) is 2.40. The molecule has 2 fully saturated rings. The smallest absolute Gasteiger partial charge is 0.293 e. The van der Waals surface area contributed by atoms with E-state index in [9.17, 15) is 14.9 Å². The van der Waals surface area contributed by atoms with Crippen LogP contribution in [0.4, 0.5) is 17.2 Å². The van der Waals surface area contributed by atoms with Crippen molar-refractivity contribution in [3.63, 3.8) is 0 Å². The van der Waals surface area contributed by atoms with Gasteiger partial charge in [-0.2, -0.15) is 5.26 Å². The Bertz CT molecular complexity index is 990. The highest BCUT2D eigenvalue weighted by molar-refractivity contribution is 5.96. The summed E-state index contributed by atoms with van der Waals surface area (Å²) in [7, 11) is 0. The van der Waals surface area contributed by atoms with E-state index in [0.717, 1.165) is 12.8 Å². The van der Waals surface area contributed by atoms with Crippen LogP contribution in [-0.2, 0) is 0 Å². The lowest BCUT2D eigenvalue weighted by Gasteiger charge is -2.35. The number of nitro benzene ring substituents is 1. The van der Waals surface area contributed by atoms with Crippen molar-refractivity contribution in [1.29, 1.82) is 5.26 Å². The molecule has 1 saturated carbocycles. The molecule has 1 aliphatic carbocycles. The van der Waals surface area contributed by atoms with Crippen LogP contribution in [0.3, 0.4) is 0 Å². The van der Waals surface area contributed by atoms with Crippen LogP contribution in [0, 0.1) is 21.4 Å². The highest BCUT2D eigenvalue weighted by Gasteiger charge is 2.28. The molecule has 1 saturated heterocycles. The summed E-state index contributed by atoms with van der Waals surface area (Å²) in [5.74, 6) is 0.492. The molecule has 9 heteroatoms. The van der Waals surface area contributed by atoms with Gasteiger partial charge in [0, 0.05) is 50.0 Å². The number of piperazine rings is 1. The van der Waals surface area contributed by atoms with E-state index < -0.39 is 4.92 Å². The van der Waals surface area contributed by atoms with Crippen LogP contribution in [0.25, 0.3) is 0 Å². The lowest BCUT2D eigenvalue weighted by Crippen LogP contribution is -2.49. The number of benzene rings is 1. The van der Waals surface area contributed by atoms with Gasteiger partial charge in [-0.25, -0.2) is 4.98 Å². The second-order valence-corrected chi connectivity index (χ2v) is 7.20. The number of amides is 1. The van der Waals surface area contributed by atoms with Gasteiger partial charge >= 0.3 is 0 Å². The summed E-state index contributed by atoms with van der Waals surface area (Å²) in [6, 6.07) is 10.4. The maximum absolute atomic E-state index is 12.9. The summed E-state index contributed by atoms with van der Waals surface area (Å²) in [6.07, 6.45) is 3.62. The molecule has 2 aromatic rings. The van der Waals surface area contributed by atoms with Crippen molar-refractivity contribution >= 4 is 23.1 Å². The van der Waals surface area contributed by atoms with Crippen LogP contribution in [0.15, 0.2) is 36.5 Å². The van der Waals surface area contributed by atoms with Gasteiger partial charge in [0.25, 0.3) is 11.6 Å². The van der Waals surface area contributed by atoms with Crippen molar-refractivity contribution in [3.8, 4) is 6.07 Å². The number of nitriles is 1. The zero-order valence-corrected chi connectivity index (χ0v) is 15.7. The van der Waals surface area contributed by atoms with E-state index in [1.54, 1.807) is 35.4 Å². The molecular weight excluding hydrogens is 372 g/mol. The van der Waals surface area contributed by atoms with E-state index >= 15 is 0 Å². The van der Waals surface area contributed by atoms with E-state index in [4.69, 9.17) is 5.26 Å². The highest BCUT2D eigenvalue weighted by atomic mass is 16.6. The van der Waals surface area contributed by atoms with Crippen molar-refractivity contribution < 1.29 is 9.72 Å². The Morgan fingerprint density at radius 1 is 1.21 bits per heavy atom. The molecule has 1 aromatic carbocycles. The van der Waals surface area contributed by atoms with Crippen LogP contribution in [0.1, 0.15) is 28.8 Å². The van der Waals surface area contributed by atoms with Gasteiger partial charge in [-0.3, -0.25) is 14.9 Å². The maximum atomic E-state index is 12.9. The number of carbonyl (C=O) groups is 1. The first-order valence-corrected chi connectivity index (χ1v) is 9.50. The van der Waals surface area contributed by atoms with Gasteiger partial charge in [0.05, 0.1) is 16.6 Å². The van der Waals surface area contributed by atoms with Gasteiger partial charge < -0.3 is 15.1 Å². The van der Waals surface area contributed by atoms with E-state index in [2.05, 4.69) is 16.4 Å². The Labute approximate surface area is 167 Å². The second kappa shape index (κ2) is 7.75. The van der Waals surface area contributed by atoms with Gasteiger partial charge in [-0.05, 0) is 37.1 Å². The molecule has 1 aliphatic heterocycles. The molecule has 1 aromatic heterocycles. The summed E-state index contributed by atoms with van der Waals surface area (Å²) in [4.78, 5) is 31.9.